The molecule has 9 fully saturated rings. The summed E-state index contributed by atoms with van der Waals surface area (Å²) in [6.07, 6.45) is 7.47. The Labute approximate surface area is 275 Å². The predicted octanol–water partition coefficient (Wildman–Crippen LogP) is 4.55. The molecule has 0 radical (unpaired) electrons. The van der Waals surface area contributed by atoms with Crippen molar-refractivity contribution in [2.45, 2.75) is 135 Å². The van der Waals surface area contributed by atoms with Gasteiger partial charge in [-0.1, -0.05) is 40.0 Å². The zero-order chi connectivity index (χ0) is 32.0. The second-order valence-electron chi connectivity index (χ2n) is 18.2. The summed E-state index contributed by atoms with van der Waals surface area (Å²) >= 11 is 0. The van der Waals surface area contributed by atoms with Crippen LogP contribution >= 0.6 is 0 Å². The number of ether oxygens (including phenoxy) is 5. The number of fused-ring (bicyclic) bond motifs is 4. The zero-order valence-corrected chi connectivity index (χ0v) is 28.7. The number of cyclic esters (lactones) is 1. The van der Waals surface area contributed by atoms with E-state index >= 15 is 0 Å². The number of amides is 1. The standard InChI is InChI=1S/C37H57N2O7/c1-20-15-23(29-21(2)44-32(41)38-29)45-30-28(20)34(5)11-12-37-19-36(37)10-9-26(46-27-16-39(13-14-43-27)22-17-42-18-22)33(3,4)24(36)7-8-25(37)35(34,6)31(30)40/h20-31,40H,6-19H2,1-5H3,(H,38,41)/q-1. The van der Waals surface area contributed by atoms with E-state index in [2.05, 4.69) is 37.9 Å². The molecular weight excluding hydrogens is 584 g/mol. The van der Waals surface area contributed by atoms with E-state index in [0.717, 1.165) is 58.6 Å². The molecule has 0 aromatic rings. The number of carbonyl (C=O) groups is 1. The van der Waals surface area contributed by atoms with Gasteiger partial charge in [-0.25, -0.2) is 4.79 Å². The topological polar surface area (TPSA) is 98.7 Å². The molecule has 9 rings (SSSR count). The van der Waals surface area contributed by atoms with Crippen molar-refractivity contribution in [1.82, 2.24) is 10.2 Å². The smallest absolute Gasteiger partial charge is 0.407 e. The number of nitrogens with one attached hydrogen (secondary N) is 1. The van der Waals surface area contributed by atoms with E-state index < -0.39 is 11.5 Å². The summed E-state index contributed by atoms with van der Waals surface area (Å²) in [5.41, 5.74) is 0.102. The molecule has 4 saturated heterocycles. The number of nitrogens with zero attached hydrogens (tertiary/aromatic N) is 1. The van der Waals surface area contributed by atoms with Crippen molar-refractivity contribution in [3.8, 4) is 0 Å². The second-order valence-corrected chi connectivity index (χ2v) is 18.2. The Kier molecular flexibility index (Phi) is 6.79. The molecule has 4 heterocycles. The third kappa shape index (κ3) is 3.82. The molecule has 15 unspecified atom stereocenters. The molecular formula is C37H57N2O7-. The lowest BCUT2D eigenvalue weighted by molar-refractivity contribution is -0.255. The van der Waals surface area contributed by atoms with Gasteiger partial charge in [-0.2, -0.15) is 0 Å². The summed E-state index contributed by atoms with van der Waals surface area (Å²) in [4.78, 5) is 14.5. The Morgan fingerprint density at radius 3 is 2.52 bits per heavy atom. The van der Waals surface area contributed by atoms with Crippen LogP contribution in [0, 0.1) is 57.7 Å². The fraction of sp³-hybridized carbons (Fsp3) is 0.946. The molecule has 0 aromatic carbocycles. The number of hydrogen-bond donors (Lipinski definition) is 2. The van der Waals surface area contributed by atoms with Crippen LogP contribution in [0.4, 0.5) is 4.79 Å². The number of hydrogen-bond acceptors (Lipinski definition) is 8. The molecule has 9 aliphatic rings. The lowest BCUT2D eigenvalue weighted by Crippen LogP contribution is -2.61. The minimum Gasteiger partial charge on any atom is -0.444 e. The van der Waals surface area contributed by atoms with Crippen LogP contribution in [0.2, 0.25) is 0 Å². The van der Waals surface area contributed by atoms with Crippen molar-refractivity contribution < 1.29 is 33.6 Å². The maximum atomic E-state index is 12.5. The summed E-state index contributed by atoms with van der Waals surface area (Å²) in [7, 11) is 0. The van der Waals surface area contributed by atoms with Gasteiger partial charge in [0.2, 0.25) is 0 Å². The molecule has 258 valence electrons. The van der Waals surface area contributed by atoms with E-state index in [4.69, 9.17) is 30.6 Å². The van der Waals surface area contributed by atoms with Crippen LogP contribution in [-0.4, -0.2) is 97.9 Å². The van der Waals surface area contributed by atoms with E-state index in [9.17, 15) is 9.90 Å². The summed E-state index contributed by atoms with van der Waals surface area (Å²) in [6, 6.07) is 0.336. The Balaban J connectivity index is 0.954. The molecule has 46 heavy (non-hydrogen) atoms. The van der Waals surface area contributed by atoms with E-state index in [-0.39, 0.29) is 65.0 Å². The minimum atomic E-state index is -0.613. The van der Waals surface area contributed by atoms with Gasteiger partial charge < -0.3 is 41.0 Å². The van der Waals surface area contributed by atoms with Gasteiger partial charge in [0.25, 0.3) is 0 Å². The van der Waals surface area contributed by atoms with Crippen LogP contribution in [0.1, 0.15) is 86.0 Å². The molecule has 2 spiro atoms. The predicted molar refractivity (Wildman–Crippen MR) is 169 cm³/mol. The van der Waals surface area contributed by atoms with Crippen molar-refractivity contribution in [3.05, 3.63) is 6.92 Å². The van der Waals surface area contributed by atoms with Gasteiger partial charge in [0.1, 0.15) is 6.10 Å². The first kappa shape index (κ1) is 31.0. The molecule has 0 aromatic heterocycles. The highest BCUT2D eigenvalue weighted by Gasteiger charge is 2.83. The number of alkyl carbamates (subject to hydrolysis) is 1. The fourth-order valence-corrected chi connectivity index (χ4v) is 14.1. The van der Waals surface area contributed by atoms with Crippen molar-refractivity contribution in [1.29, 1.82) is 0 Å². The number of aliphatic hydroxyl groups excluding tert-OH is 1. The highest BCUT2D eigenvalue weighted by atomic mass is 16.7. The molecule has 4 aliphatic heterocycles. The molecule has 9 heteroatoms. The van der Waals surface area contributed by atoms with Crippen molar-refractivity contribution in [2.75, 3.05) is 32.9 Å². The first-order valence-corrected chi connectivity index (χ1v) is 18.6. The van der Waals surface area contributed by atoms with Crippen LogP contribution in [0.5, 0.6) is 0 Å². The lowest BCUT2D eigenvalue weighted by atomic mass is 9.41. The van der Waals surface area contributed by atoms with Crippen LogP contribution in [0.25, 0.3) is 0 Å². The average Bonchev–Trinajstić information content (AvgIpc) is 3.47. The molecule has 5 saturated carbocycles. The lowest BCUT2D eigenvalue weighted by Gasteiger charge is -2.67. The maximum absolute atomic E-state index is 12.5. The highest BCUT2D eigenvalue weighted by molar-refractivity contribution is 5.70. The van der Waals surface area contributed by atoms with Gasteiger partial charge in [-0.05, 0) is 91.3 Å². The minimum absolute atomic E-state index is 0.0601. The number of rotatable bonds is 4. The van der Waals surface area contributed by atoms with Crippen LogP contribution in [0.3, 0.4) is 0 Å². The molecule has 2 N–H and O–H groups in total. The summed E-state index contributed by atoms with van der Waals surface area (Å²) in [6.45, 7) is 21.0. The monoisotopic (exact) mass is 641 g/mol. The van der Waals surface area contributed by atoms with Gasteiger partial charge >= 0.3 is 6.09 Å². The first-order chi connectivity index (χ1) is 21.9. The van der Waals surface area contributed by atoms with Crippen molar-refractivity contribution in [2.24, 2.45) is 50.7 Å². The maximum Gasteiger partial charge on any atom is 0.407 e. The molecule has 9 nitrogen and oxygen atoms in total. The largest absolute Gasteiger partial charge is 0.444 e. The van der Waals surface area contributed by atoms with E-state index in [1.54, 1.807) is 0 Å². The van der Waals surface area contributed by atoms with E-state index in [0.29, 0.717) is 29.2 Å². The molecule has 1 amide bonds. The molecule has 5 aliphatic carbocycles. The molecule has 15 atom stereocenters. The summed E-state index contributed by atoms with van der Waals surface area (Å²) < 4.78 is 30.9. The Morgan fingerprint density at radius 1 is 1.04 bits per heavy atom. The number of morpholine rings is 1. The third-order valence-corrected chi connectivity index (χ3v) is 16.4. The highest BCUT2D eigenvalue weighted by Crippen LogP contribution is 2.89. The normalized spacial score (nSPS) is 57.5. The van der Waals surface area contributed by atoms with Gasteiger partial charge in [0, 0.05) is 6.54 Å². The van der Waals surface area contributed by atoms with Crippen molar-refractivity contribution in [3.63, 3.8) is 0 Å². The van der Waals surface area contributed by atoms with E-state index in [1.165, 1.54) is 25.7 Å². The van der Waals surface area contributed by atoms with Crippen LogP contribution in [-0.2, 0) is 23.7 Å². The average molecular weight is 642 g/mol. The van der Waals surface area contributed by atoms with Gasteiger partial charge in [0.05, 0.1) is 62.9 Å². The first-order valence-electron chi connectivity index (χ1n) is 18.6. The zero-order valence-electron chi connectivity index (χ0n) is 28.7. The Morgan fingerprint density at radius 2 is 1.80 bits per heavy atom. The fourth-order valence-electron chi connectivity index (χ4n) is 14.1. The van der Waals surface area contributed by atoms with Gasteiger partial charge in [-0.15, -0.1) is 5.41 Å². The Hall–Kier alpha value is -0.970. The Bertz CT molecular complexity index is 1260. The number of aliphatic hydroxyl groups is 1. The van der Waals surface area contributed by atoms with Crippen LogP contribution < -0.4 is 5.32 Å². The quantitative estimate of drug-likeness (QED) is 0.432. The van der Waals surface area contributed by atoms with Crippen molar-refractivity contribution >= 4 is 6.09 Å². The summed E-state index contributed by atoms with van der Waals surface area (Å²) in [5, 5.41) is 15.5. The number of carbonyl (C=O) groups excluding carboxylic acids is 1. The molecule has 0 bridgehead atoms. The van der Waals surface area contributed by atoms with Gasteiger partial charge in [0.15, 0.2) is 6.29 Å². The second kappa shape index (κ2) is 10.1. The SMILES string of the molecule is [CH2-]C12C(O)C3OC(C4NC(=O)OC4C)CC(C)C3C1(C)CCC13CC14CCC(OC1CN(C5COC5)CCO1)C(C)(C)C4CCC32. The third-order valence-electron chi connectivity index (χ3n) is 16.4. The van der Waals surface area contributed by atoms with Gasteiger partial charge in [-0.3, -0.25) is 4.90 Å². The summed E-state index contributed by atoms with van der Waals surface area (Å²) in [5.74, 6) is 1.63. The van der Waals surface area contributed by atoms with E-state index in [1.807, 2.05) is 6.92 Å². The van der Waals surface area contributed by atoms with Crippen LogP contribution in [0.15, 0.2) is 0 Å².